The predicted octanol–water partition coefficient (Wildman–Crippen LogP) is 3.03. The lowest BCUT2D eigenvalue weighted by atomic mass is 10.1. The van der Waals surface area contributed by atoms with Crippen LogP contribution in [-0.4, -0.2) is 15.8 Å². The lowest BCUT2D eigenvalue weighted by Gasteiger charge is -2.08. The maximum Gasteiger partial charge on any atom is 0.126 e. The molecule has 0 saturated carbocycles. The minimum Gasteiger partial charge on any atom is -0.310 e. The molecule has 0 fully saturated rings. The Morgan fingerprint density at radius 3 is 2.74 bits per heavy atom. The van der Waals surface area contributed by atoms with Crippen molar-refractivity contribution < 1.29 is 4.39 Å². The molecule has 0 bridgehead atoms. The van der Waals surface area contributed by atoms with Crippen molar-refractivity contribution in [1.82, 2.24) is 15.1 Å². The van der Waals surface area contributed by atoms with Gasteiger partial charge in [-0.2, -0.15) is 5.10 Å². The molecule has 0 aliphatic heterocycles. The number of aromatic nitrogens is 2. The molecule has 0 unspecified atom stereocenters. The van der Waals surface area contributed by atoms with E-state index in [9.17, 15) is 4.39 Å². The summed E-state index contributed by atoms with van der Waals surface area (Å²) in [5, 5.41) is 7.80. The van der Waals surface area contributed by atoms with Crippen LogP contribution in [0.1, 0.15) is 25.0 Å². The van der Waals surface area contributed by atoms with E-state index in [4.69, 9.17) is 0 Å². The molecule has 0 spiro atoms. The van der Waals surface area contributed by atoms with Crippen LogP contribution in [0.3, 0.4) is 0 Å². The number of halogens is 1. The second kappa shape index (κ2) is 5.53. The predicted molar refractivity (Wildman–Crippen MR) is 75.3 cm³/mol. The lowest BCUT2D eigenvalue weighted by Crippen LogP contribution is -2.21. The molecule has 0 radical (unpaired) electrons. The first-order valence-corrected chi connectivity index (χ1v) is 6.50. The van der Waals surface area contributed by atoms with Crippen LogP contribution >= 0.6 is 0 Å². The van der Waals surface area contributed by atoms with Crippen LogP contribution in [-0.2, 0) is 13.6 Å². The Hall–Kier alpha value is -1.68. The van der Waals surface area contributed by atoms with Crippen LogP contribution in [0.2, 0.25) is 0 Å². The number of nitrogens with one attached hydrogen (secondary N) is 1. The molecule has 1 aromatic carbocycles. The van der Waals surface area contributed by atoms with Crippen LogP contribution < -0.4 is 5.32 Å². The molecule has 0 saturated heterocycles. The smallest absolute Gasteiger partial charge is 0.126 e. The van der Waals surface area contributed by atoms with E-state index in [0.29, 0.717) is 11.6 Å². The third kappa shape index (κ3) is 3.20. The zero-order valence-corrected chi connectivity index (χ0v) is 11.9. The summed E-state index contributed by atoms with van der Waals surface area (Å²) in [7, 11) is 1.88. The molecule has 2 aromatic rings. The summed E-state index contributed by atoms with van der Waals surface area (Å²) in [5.41, 5.74) is 3.40. The van der Waals surface area contributed by atoms with Gasteiger partial charge in [0.15, 0.2) is 0 Å². The number of aryl methyl sites for hydroxylation is 2. The van der Waals surface area contributed by atoms with Crippen molar-refractivity contribution in [2.24, 2.45) is 7.05 Å². The molecule has 0 atom stereocenters. The van der Waals surface area contributed by atoms with Crippen molar-refractivity contribution >= 4 is 0 Å². The average Bonchev–Trinajstić information content (AvgIpc) is 2.71. The van der Waals surface area contributed by atoms with Crippen molar-refractivity contribution in [3.8, 4) is 11.3 Å². The summed E-state index contributed by atoms with van der Waals surface area (Å²) in [4.78, 5) is 0. The van der Waals surface area contributed by atoms with Gasteiger partial charge in [0.2, 0.25) is 0 Å². The van der Waals surface area contributed by atoms with Gasteiger partial charge < -0.3 is 5.32 Å². The Labute approximate surface area is 113 Å². The maximum absolute atomic E-state index is 13.7. The van der Waals surface area contributed by atoms with E-state index < -0.39 is 0 Å². The van der Waals surface area contributed by atoms with Crippen LogP contribution in [0, 0.1) is 12.7 Å². The SMILES string of the molecule is Cc1ccc(-c2nn(C)cc2CNC(C)C)cc1F. The minimum atomic E-state index is -0.189. The third-order valence-corrected chi connectivity index (χ3v) is 3.05. The minimum absolute atomic E-state index is 0.189. The molecule has 0 amide bonds. The Kier molecular flexibility index (Phi) is 4.00. The van der Waals surface area contributed by atoms with E-state index in [-0.39, 0.29) is 5.82 Å². The van der Waals surface area contributed by atoms with Crippen LogP contribution in [0.15, 0.2) is 24.4 Å². The van der Waals surface area contributed by atoms with Gasteiger partial charge in [-0.1, -0.05) is 26.0 Å². The third-order valence-electron chi connectivity index (χ3n) is 3.05. The van der Waals surface area contributed by atoms with Gasteiger partial charge in [0.05, 0.1) is 5.69 Å². The molecule has 0 aliphatic rings. The average molecular weight is 261 g/mol. The number of hydrogen-bond donors (Lipinski definition) is 1. The highest BCUT2D eigenvalue weighted by Gasteiger charge is 2.11. The zero-order valence-electron chi connectivity index (χ0n) is 11.9. The highest BCUT2D eigenvalue weighted by Crippen LogP contribution is 2.23. The highest BCUT2D eigenvalue weighted by atomic mass is 19.1. The molecular formula is C15H20FN3. The van der Waals surface area contributed by atoms with Crippen LogP contribution in [0.4, 0.5) is 4.39 Å². The molecular weight excluding hydrogens is 241 g/mol. The fraction of sp³-hybridized carbons (Fsp3) is 0.400. The normalized spacial score (nSPS) is 11.3. The van der Waals surface area contributed by atoms with Gasteiger partial charge in [-0.3, -0.25) is 4.68 Å². The van der Waals surface area contributed by atoms with E-state index in [1.807, 2.05) is 19.3 Å². The summed E-state index contributed by atoms with van der Waals surface area (Å²) < 4.78 is 15.4. The number of hydrogen-bond acceptors (Lipinski definition) is 2. The molecule has 19 heavy (non-hydrogen) atoms. The molecule has 0 aliphatic carbocycles. The molecule has 1 aromatic heterocycles. The standard InChI is InChI=1S/C15H20FN3/c1-10(2)17-8-13-9-19(4)18-15(13)12-6-5-11(3)14(16)7-12/h5-7,9-10,17H,8H2,1-4H3. The van der Waals surface area contributed by atoms with Crippen LogP contribution in [0.5, 0.6) is 0 Å². The van der Waals surface area contributed by atoms with Gasteiger partial charge in [-0.05, 0) is 18.6 Å². The topological polar surface area (TPSA) is 29.9 Å². The van der Waals surface area contributed by atoms with Crippen LogP contribution in [0.25, 0.3) is 11.3 Å². The van der Waals surface area contributed by atoms with E-state index in [0.717, 1.165) is 23.4 Å². The van der Waals surface area contributed by atoms with Crippen molar-refractivity contribution in [2.75, 3.05) is 0 Å². The Morgan fingerprint density at radius 2 is 2.11 bits per heavy atom. The summed E-state index contributed by atoms with van der Waals surface area (Å²) in [5.74, 6) is -0.189. The number of benzene rings is 1. The largest absolute Gasteiger partial charge is 0.310 e. The van der Waals surface area contributed by atoms with E-state index >= 15 is 0 Å². The van der Waals surface area contributed by atoms with Crippen molar-refractivity contribution in [2.45, 2.75) is 33.4 Å². The molecule has 3 nitrogen and oxygen atoms in total. The van der Waals surface area contributed by atoms with Gasteiger partial charge >= 0.3 is 0 Å². The lowest BCUT2D eigenvalue weighted by molar-refractivity contribution is 0.589. The van der Waals surface area contributed by atoms with E-state index in [1.165, 1.54) is 0 Å². The van der Waals surface area contributed by atoms with E-state index in [2.05, 4.69) is 24.3 Å². The summed E-state index contributed by atoms with van der Waals surface area (Å²) in [6, 6.07) is 5.66. The highest BCUT2D eigenvalue weighted by molar-refractivity contribution is 5.63. The summed E-state index contributed by atoms with van der Waals surface area (Å²) >= 11 is 0. The quantitative estimate of drug-likeness (QED) is 0.916. The molecule has 1 heterocycles. The van der Waals surface area contributed by atoms with Gasteiger partial charge in [0.25, 0.3) is 0 Å². The fourth-order valence-corrected chi connectivity index (χ4v) is 1.96. The second-order valence-electron chi connectivity index (χ2n) is 5.18. The Balaban J connectivity index is 2.35. The summed E-state index contributed by atoms with van der Waals surface area (Å²) in [6.45, 7) is 6.69. The Bertz CT molecular complexity index is 573. The van der Waals surface area contributed by atoms with E-state index in [1.54, 1.807) is 23.7 Å². The first kappa shape index (κ1) is 13.7. The van der Waals surface area contributed by atoms with Crippen molar-refractivity contribution in [3.63, 3.8) is 0 Å². The first-order valence-electron chi connectivity index (χ1n) is 6.50. The van der Waals surface area contributed by atoms with Crippen molar-refractivity contribution in [1.29, 1.82) is 0 Å². The van der Waals surface area contributed by atoms with Gasteiger partial charge in [-0.15, -0.1) is 0 Å². The van der Waals surface area contributed by atoms with Gasteiger partial charge in [0.1, 0.15) is 5.82 Å². The monoisotopic (exact) mass is 261 g/mol. The number of rotatable bonds is 4. The first-order chi connectivity index (χ1) is 8.97. The molecule has 102 valence electrons. The zero-order chi connectivity index (χ0) is 14.0. The summed E-state index contributed by atoms with van der Waals surface area (Å²) in [6.07, 6.45) is 1.97. The Morgan fingerprint density at radius 1 is 1.37 bits per heavy atom. The molecule has 4 heteroatoms. The fourth-order valence-electron chi connectivity index (χ4n) is 1.96. The second-order valence-corrected chi connectivity index (χ2v) is 5.18. The number of nitrogens with zero attached hydrogens (tertiary/aromatic N) is 2. The van der Waals surface area contributed by atoms with Gasteiger partial charge in [-0.25, -0.2) is 4.39 Å². The van der Waals surface area contributed by atoms with Crippen molar-refractivity contribution in [3.05, 3.63) is 41.3 Å². The molecule has 2 rings (SSSR count). The molecule has 1 N–H and O–H groups in total. The maximum atomic E-state index is 13.7. The van der Waals surface area contributed by atoms with Gasteiger partial charge in [0, 0.05) is 37.0 Å².